The molecule has 35 heavy (non-hydrogen) atoms. The highest BCUT2D eigenvalue weighted by molar-refractivity contribution is 7.95. The van der Waals surface area contributed by atoms with Crippen molar-refractivity contribution in [3.05, 3.63) is 120 Å². The molecule has 0 bridgehead atoms. The van der Waals surface area contributed by atoms with Crippen molar-refractivity contribution < 1.29 is 39.7 Å². The Labute approximate surface area is 213 Å². The number of nitrogens with zero attached hydrogens (tertiary/aromatic N) is 1. The Morgan fingerprint density at radius 2 is 1.20 bits per heavy atom. The third-order valence-electron chi connectivity index (χ3n) is 5.65. The van der Waals surface area contributed by atoms with Gasteiger partial charge in [-0.15, -0.1) is 0 Å². The average molecular weight is 560 g/mol. The molecule has 0 saturated carbocycles. The van der Waals surface area contributed by atoms with Gasteiger partial charge in [0.05, 0.1) is 18.4 Å². The Morgan fingerprint density at radius 1 is 0.771 bits per heavy atom. The molecule has 0 N–H and O–H groups in total. The number of benzene rings is 3. The number of halogens is 4. The molecule has 0 unspecified atom stereocenters. The van der Waals surface area contributed by atoms with E-state index in [9.17, 15) is 18.0 Å². The number of rotatable bonds is 6. The minimum atomic E-state index is -4.64. The molecule has 1 aromatic heterocycles. The van der Waals surface area contributed by atoms with Crippen LogP contribution in [0.15, 0.2) is 103 Å². The number of esters is 1. The van der Waals surface area contributed by atoms with Gasteiger partial charge in [-0.1, -0.05) is 54.6 Å². The first-order valence-corrected chi connectivity index (χ1v) is 12.5. The highest BCUT2D eigenvalue weighted by Gasteiger charge is 2.47. The average Bonchev–Trinajstić information content (AvgIpc) is 2.87. The Morgan fingerprint density at radius 3 is 1.57 bits per heavy atom. The Hall–Kier alpha value is -3.02. The molecular formula is C27H22BrF3NO2P. The van der Waals surface area contributed by atoms with Crippen molar-refractivity contribution in [3.63, 3.8) is 0 Å². The first-order chi connectivity index (χ1) is 16.4. The fourth-order valence-corrected chi connectivity index (χ4v) is 8.24. The summed E-state index contributed by atoms with van der Waals surface area (Å²) in [7, 11) is -1.36. The zero-order valence-electron chi connectivity index (χ0n) is 18.7. The van der Waals surface area contributed by atoms with E-state index in [1.54, 1.807) is 0 Å². The minimum absolute atomic E-state index is 0. The molecule has 8 heteroatoms. The summed E-state index contributed by atoms with van der Waals surface area (Å²) < 4.78 is 45.7. The molecule has 1 heterocycles. The fourth-order valence-electron chi connectivity index (χ4n) is 4.07. The van der Waals surface area contributed by atoms with E-state index >= 15 is 0 Å². The maximum Gasteiger partial charge on any atom is 0.433 e. The van der Waals surface area contributed by atoms with Gasteiger partial charge in [0.15, 0.2) is 0 Å². The highest BCUT2D eigenvalue weighted by atomic mass is 79.9. The van der Waals surface area contributed by atoms with Gasteiger partial charge in [0.2, 0.25) is 0 Å². The molecule has 0 aliphatic rings. The first kappa shape index (κ1) is 26.6. The van der Waals surface area contributed by atoms with Crippen LogP contribution in [0.4, 0.5) is 13.2 Å². The molecule has 3 aromatic carbocycles. The molecule has 0 aliphatic heterocycles. The van der Waals surface area contributed by atoms with Gasteiger partial charge in [-0.3, -0.25) is 0 Å². The summed E-state index contributed by atoms with van der Waals surface area (Å²) >= 11 is 0. The zero-order valence-corrected chi connectivity index (χ0v) is 21.2. The van der Waals surface area contributed by atoms with Gasteiger partial charge < -0.3 is 21.7 Å². The summed E-state index contributed by atoms with van der Waals surface area (Å²) in [4.78, 5) is 16.5. The van der Waals surface area contributed by atoms with Gasteiger partial charge in [-0.25, -0.2) is 9.78 Å². The van der Waals surface area contributed by atoms with E-state index in [0.717, 1.165) is 28.0 Å². The van der Waals surface area contributed by atoms with E-state index in [-0.39, 0.29) is 34.4 Å². The van der Waals surface area contributed by atoms with Gasteiger partial charge in [0.25, 0.3) is 0 Å². The number of alkyl halides is 3. The van der Waals surface area contributed by atoms with Crippen molar-refractivity contribution in [2.24, 2.45) is 0 Å². The number of pyridine rings is 1. The lowest BCUT2D eigenvalue weighted by Gasteiger charge is -2.28. The van der Waals surface area contributed by atoms with E-state index < -0.39 is 25.1 Å². The van der Waals surface area contributed by atoms with Crippen LogP contribution < -0.4 is 32.9 Å². The minimum Gasteiger partial charge on any atom is -1.00 e. The van der Waals surface area contributed by atoms with Crippen molar-refractivity contribution in [2.45, 2.75) is 12.3 Å². The number of hydrogen-bond acceptors (Lipinski definition) is 3. The number of aromatic nitrogens is 1. The summed E-state index contributed by atoms with van der Waals surface area (Å²) in [6.07, 6.45) is -4.52. The number of hydrogen-bond donors (Lipinski definition) is 0. The molecule has 0 atom stereocenters. The lowest BCUT2D eigenvalue weighted by atomic mass is 10.2. The predicted molar refractivity (Wildman–Crippen MR) is 129 cm³/mol. The second-order valence-electron chi connectivity index (χ2n) is 7.65. The summed E-state index contributed by atoms with van der Waals surface area (Å²) in [6.45, 7) is 0. The second kappa shape index (κ2) is 11.1. The van der Waals surface area contributed by atoms with Gasteiger partial charge in [-0.2, -0.15) is 13.2 Å². The molecule has 0 radical (unpaired) electrons. The smallest absolute Gasteiger partial charge is 0.433 e. The molecule has 3 nitrogen and oxygen atoms in total. The van der Waals surface area contributed by atoms with Gasteiger partial charge in [0, 0.05) is 0 Å². The van der Waals surface area contributed by atoms with Gasteiger partial charge in [0.1, 0.15) is 35.0 Å². The van der Waals surface area contributed by atoms with Gasteiger partial charge >= 0.3 is 12.1 Å². The van der Waals surface area contributed by atoms with E-state index in [2.05, 4.69) is 4.98 Å². The van der Waals surface area contributed by atoms with Crippen LogP contribution in [0.2, 0.25) is 0 Å². The van der Waals surface area contributed by atoms with Crippen molar-refractivity contribution >= 4 is 29.1 Å². The lowest BCUT2D eigenvalue weighted by Crippen LogP contribution is -3.00. The molecular weight excluding hydrogens is 538 g/mol. The largest absolute Gasteiger partial charge is 1.00 e. The van der Waals surface area contributed by atoms with Crippen LogP contribution in [0.3, 0.4) is 0 Å². The number of carbonyl (C=O) groups excluding carboxylic acids is 1. The molecule has 180 valence electrons. The summed E-state index contributed by atoms with van der Waals surface area (Å²) in [5.74, 6) is -0.719. The normalized spacial score (nSPS) is 11.4. The molecule has 4 aromatic rings. The van der Waals surface area contributed by atoms with Crippen LogP contribution >= 0.6 is 7.26 Å². The van der Waals surface area contributed by atoms with E-state index in [0.29, 0.717) is 0 Å². The molecule has 0 saturated heterocycles. The standard InChI is InChI=1S/C27H22F3NO2P.BrH/c1-33-26(32)23-17-18-25(27(28,29)30)31-24(23)19-34(20-11-5-2-6-12-20,21-13-7-3-8-14-21)22-15-9-4-10-16-22;/h2-18H,19H2,1H3;1H/q+1;/p-1. The number of carbonyl (C=O) groups is 1. The Kier molecular flexibility index (Phi) is 8.47. The molecule has 0 fully saturated rings. The lowest BCUT2D eigenvalue weighted by molar-refractivity contribution is -0.141. The fraction of sp³-hybridized carbons (Fsp3) is 0.111. The van der Waals surface area contributed by atoms with Crippen molar-refractivity contribution in [1.82, 2.24) is 4.98 Å². The van der Waals surface area contributed by atoms with E-state index in [1.807, 2.05) is 91.0 Å². The van der Waals surface area contributed by atoms with Gasteiger partial charge in [-0.05, 0) is 48.5 Å². The zero-order chi connectivity index (χ0) is 24.2. The van der Waals surface area contributed by atoms with Crippen LogP contribution in [0.1, 0.15) is 21.7 Å². The Bertz CT molecular complexity index is 1170. The van der Waals surface area contributed by atoms with Crippen molar-refractivity contribution in [3.8, 4) is 0 Å². The van der Waals surface area contributed by atoms with Crippen LogP contribution in [0, 0.1) is 0 Å². The maximum absolute atomic E-state index is 13.6. The predicted octanol–water partition coefficient (Wildman–Crippen LogP) is 2.39. The summed E-state index contributed by atoms with van der Waals surface area (Å²) in [5.41, 5.74) is -0.948. The summed E-state index contributed by atoms with van der Waals surface area (Å²) in [5, 5.41) is 2.92. The quantitative estimate of drug-likeness (QED) is 0.269. The second-order valence-corrected chi connectivity index (χ2v) is 11.1. The third kappa shape index (κ3) is 5.47. The highest BCUT2D eigenvalue weighted by Crippen LogP contribution is 2.58. The third-order valence-corrected chi connectivity index (χ3v) is 9.96. The summed E-state index contributed by atoms with van der Waals surface area (Å²) in [6, 6.07) is 31.1. The van der Waals surface area contributed by atoms with Crippen molar-refractivity contribution in [2.75, 3.05) is 7.11 Å². The first-order valence-electron chi connectivity index (χ1n) is 10.6. The van der Waals surface area contributed by atoms with E-state index in [4.69, 9.17) is 4.74 Å². The van der Waals surface area contributed by atoms with E-state index in [1.165, 1.54) is 7.11 Å². The van der Waals surface area contributed by atoms with Crippen LogP contribution in [-0.4, -0.2) is 18.1 Å². The molecule has 4 rings (SSSR count). The van der Waals surface area contributed by atoms with Crippen LogP contribution in [-0.2, 0) is 17.1 Å². The SMILES string of the molecule is COC(=O)c1ccc(C(F)(F)F)nc1C[P+](c1ccccc1)(c1ccccc1)c1ccccc1.[Br-]. The monoisotopic (exact) mass is 559 g/mol. The molecule has 0 aliphatic carbocycles. The molecule has 0 amide bonds. The number of methoxy groups -OCH3 is 1. The topological polar surface area (TPSA) is 39.2 Å². The molecule has 0 spiro atoms. The van der Waals surface area contributed by atoms with Crippen LogP contribution in [0.25, 0.3) is 0 Å². The van der Waals surface area contributed by atoms with Crippen LogP contribution in [0.5, 0.6) is 0 Å². The van der Waals surface area contributed by atoms with Crippen molar-refractivity contribution in [1.29, 1.82) is 0 Å². The maximum atomic E-state index is 13.6. The number of ether oxygens (including phenoxy) is 1. The Balaban J connectivity index is 0.00000342.